The minimum Gasteiger partial charge on any atom is -0.491 e. The van der Waals surface area contributed by atoms with Crippen molar-refractivity contribution >= 4 is 23.9 Å². The van der Waals surface area contributed by atoms with Crippen molar-refractivity contribution in [3.63, 3.8) is 0 Å². The molecule has 4 unspecified atom stereocenters. The number of epoxide rings is 4. The number of benzene rings is 2. The molecule has 0 bridgehead atoms. The van der Waals surface area contributed by atoms with Gasteiger partial charge in [-0.2, -0.15) is 0 Å². The van der Waals surface area contributed by atoms with Crippen LogP contribution < -0.4 is 9.47 Å². The van der Waals surface area contributed by atoms with Crippen molar-refractivity contribution < 1.29 is 66.5 Å². The molecule has 0 aromatic heterocycles. The summed E-state index contributed by atoms with van der Waals surface area (Å²) in [6.45, 7) is 9.47. The molecular weight excluding hydrogens is 1410 g/mol. The van der Waals surface area contributed by atoms with Gasteiger partial charge >= 0.3 is 23.9 Å². The molecule has 113 heavy (non-hydrogen) atoms. The first-order chi connectivity index (χ1) is 55.3. The third kappa shape index (κ3) is 49.4. The maximum atomic E-state index is 13.1. The third-order valence-electron chi connectivity index (χ3n) is 10.8. The van der Waals surface area contributed by atoms with Crippen molar-refractivity contribution in [2.75, 3.05) is 52.9 Å². The lowest BCUT2D eigenvalue weighted by atomic mass is 10.2. The lowest BCUT2D eigenvalue weighted by Crippen LogP contribution is -2.20. The molecule has 14 heteroatoms. The summed E-state index contributed by atoms with van der Waals surface area (Å²) >= 11 is 0. The quantitative estimate of drug-likeness (QED) is 0.0262. The highest BCUT2D eigenvalue weighted by Crippen LogP contribution is 2.20. The van der Waals surface area contributed by atoms with E-state index in [1.807, 2.05) is 0 Å². The van der Waals surface area contributed by atoms with Crippen LogP contribution in [0.3, 0.4) is 0 Å². The largest absolute Gasteiger partial charge is 0.491 e. The van der Waals surface area contributed by atoms with E-state index in [0.29, 0.717) is 62.3 Å². The predicted molar refractivity (Wildman–Crippen MR) is 394 cm³/mol. The van der Waals surface area contributed by atoms with Crippen molar-refractivity contribution in [2.24, 2.45) is 0 Å². The van der Waals surface area contributed by atoms with Crippen molar-refractivity contribution in [1.82, 2.24) is 0 Å². The van der Waals surface area contributed by atoms with Gasteiger partial charge in [-0.15, -0.1) is 0 Å². The summed E-state index contributed by atoms with van der Waals surface area (Å²) in [6, 6.07) is 14.0. The van der Waals surface area contributed by atoms with E-state index in [4.69, 9.17) is 47.4 Å². The predicted octanol–water partition coefficient (Wildman–Crippen LogP) is 12.6. The summed E-state index contributed by atoms with van der Waals surface area (Å²) in [5, 5.41) is 0. The molecule has 0 radical (unpaired) electrons. The van der Waals surface area contributed by atoms with Crippen LogP contribution in [0, 0.1) is 0 Å². The standard InChI is InChI=1S/C56H24O8.C42H12O6.CH4/c1-2-3-4-5-6-7-8-9-10-11-12-13-14-15-16-17-18-19-20-21-22-23-24-25-26-27-28-29-30-31-32-39-54(55(57)63-42-48-35-33-37-50(40-48)59-44-52-46-61-52)56(58)64-43-49-36-34-38-51(41-49)60-45-53-47-62-53;1-2-3-4-5-6-7-8-9-10-11-12-13-14-15-16-17-18-19-20-21-22-23-24-25-26-27-28-29-30-31-32-33-40(41(43)47-36-38-34-45-38)42(44)48-37-39-35-46-39;/h33-38,40-41,52-53H,1,42-47H2;38-39H,1,34-37H2;1H4. The van der Waals surface area contributed by atoms with Crippen LogP contribution in [0.2, 0.25) is 0 Å². The number of ether oxygens (including phenoxy) is 10. The minimum absolute atomic E-state index is 0. The fraction of sp³-hybridized carbons (Fsp3) is 0.152. The van der Waals surface area contributed by atoms with Crippen LogP contribution in [0.4, 0.5) is 0 Å². The van der Waals surface area contributed by atoms with Gasteiger partial charge in [0.2, 0.25) is 0 Å². The lowest BCUT2D eigenvalue weighted by molar-refractivity contribution is -0.149. The summed E-state index contributed by atoms with van der Waals surface area (Å²) in [5.74, 6) is -2.67. The normalized spacial score (nSPS) is 11.1. The van der Waals surface area contributed by atoms with Gasteiger partial charge in [0, 0.05) is 160 Å². The summed E-state index contributed by atoms with van der Waals surface area (Å²) < 4.78 is 52.5. The van der Waals surface area contributed by atoms with Crippen LogP contribution in [-0.4, -0.2) is 101 Å². The summed E-state index contributed by atoms with van der Waals surface area (Å²) in [7, 11) is 0. The van der Waals surface area contributed by atoms with Crippen molar-refractivity contribution in [1.29, 1.82) is 0 Å². The fourth-order valence-electron chi connectivity index (χ4n) is 5.81. The molecule has 4 fully saturated rings. The van der Waals surface area contributed by atoms with Gasteiger partial charge in [-0.3, -0.25) is 0 Å². The fourth-order valence-corrected chi connectivity index (χ4v) is 5.81. The van der Waals surface area contributed by atoms with E-state index in [1.54, 1.807) is 48.5 Å². The van der Waals surface area contributed by atoms with E-state index in [1.165, 1.54) is 0 Å². The Balaban J connectivity index is 0.000000492. The van der Waals surface area contributed by atoms with Gasteiger partial charge in [-0.1, -0.05) is 43.2 Å². The maximum Gasteiger partial charge on any atom is 0.354 e. The van der Waals surface area contributed by atoms with E-state index in [9.17, 15) is 19.2 Å². The second-order valence-electron chi connectivity index (χ2n) is 18.9. The van der Waals surface area contributed by atoms with E-state index in [2.05, 4.69) is 380 Å². The third-order valence-corrected chi connectivity index (χ3v) is 10.8. The number of hydrogen-bond donors (Lipinski definition) is 0. The maximum absolute atomic E-state index is 13.1. The van der Waals surface area contributed by atoms with Crippen molar-refractivity contribution in [3.8, 4) is 11.5 Å². The van der Waals surface area contributed by atoms with Gasteiger partial charge in [0.25, 0.3) is 0 Å². The molecule has 6 rings (SSSR count). The minimum atomic E-state index is -0.997. The Morgan fingerprint density at radius 3 is 0.664 bits per heavy atom. The molecule has 4 heterocycles. The van der Waals surface area contributed by atoms with E-state index in [-0.39, 0.29) is 58.3 Å². The molecule has 0 spiro atoms. The number of rotatable bonds is 18. The molecule has 4 aliphatic rings. The van der Waals surface area contributed by atoms with E-state index in [0.717, 1.165) is 0 Å². The average Bonchev–Trinajstić information content (AvgIpc) is 1.84. The van der Waals surface area contributed by atoms with E-state index >= 15 is 0 Å². The summed E-state index contributed by atoms with van der Waals surface area (Å²) in [6.07, 6.45) is -0.179. The van der Waals surface area contributed by atoms with Crippen LogP contribution in [0.1, 0.15) is 18.6 Å². The number of hydrogen-bond acceptors (Lipinski definition) is 14. The monoisotopic (exact) mass is 1450 g/mol. The number of carbonyl (C=O) groups excluding carboxylic acids is 4. The Kier molecular flexibility index (Phi) is 45.7. The highest BCUT2D eigenvalue weighted by Gasteiger charge is 2.30. The van der Waals surface area contributed by atoms with Crippen LogP contribution in [0.15, 0.2) is 440 Å². The molecule has 14 nitrogen and oxygen atoms in total. The van der Waals surface area contributed by atoms with Gasteiger partial charge in [0.15, 0.2) is 11.1 Å². The molecule has 520 valence electrons. The van der Waals surface area contributed by atoms with E-state index < -0.39 is 35.0 Å². The smallest absolute Gasteiger partial charge is 0.354 e. The van der Waals surface area contributed by atoms with Gasteiger partial charge in [-0.05, 0) is 243 Å². The SMILES string of the molecule is C.C=C=C=C=C=C=C=C=C=C=C=C=C=C=C=C=C=C=C=C=C=C=C=C=C=C=C=C=C=C=C=C=C=C(C(=O)OCC1CO1)C(=O)OCC1CO1.C=C=C=C=C=C=C=C=C=C=C=C=C=C=C=C=C=C=C=C=C=C=C=C=C=C=C=C=C=C=C=C=C=C(C(=O)OCc1cccc(OCC2CO2)c1)C(=O)OCc1cccc(OCC2CO2)c1. The first kappa shape index (κ1) is 86.6. The molecule has 0 aliphatic carbocycles. The van der Waals surface area contributed by atoms with Gasteiger partial charge in [0.1, 0.15) is 75.6 Å². The number of carbonyl (C=O) groups is 4. The molecule has 4 aliphatic heterocycles. The summed E-state index contributed by atoms with van der Waals surface area (Å²) in [5.41, 5.74) is 158. The second-order valence-corrected chi connectivity index (χ2v) is 18.9. The first-order valence-corrected chi connectivity index (χ1v) is 31.2. The Hall–Kier alpha value is -18.8. The van der Waals surface area contributed by atoms with Crippen molar-refractivity contribution in [2.45, 2.75) is 45.1 Å². The zero-order valence-corrected chi connectivity index (χ0v) is 58.1. The Morgan fingerprint density at radius 1 is 0.274 bits per heavy atom. The van der Waals surface area contributed by atoms with Gasteiger partial charge < -0.3 is 47.4 Å². The second kappa shape index (κ2) is 59.7. The molecule has 0 amide bonds. The molecule has 0 N–H and O–H groups in total. The zero-order chi connectivity index (χ0) is 79.1. The Morgan fingerprint density at radius 2 is 0.460 bits per heavy atom. The lowest BCUT2D eigenvalue weighted by Gasteiger charge is -2.10. The van der Waals surface area contributed by atoms with Crippen LogP contribution in [0.25, 0.3) is 0 Å². The van der Waals surface area contributed by atoms with Crippen LogP contribution in [-0.2, 0) is 70.3 Å². The average molecular weight is 1450 g/mol. The van der Waals surface area contributed by atoms with Crippen LogP contribution in [0.5, 0.6) is 11.5 Å². The van der Waals surface area contributed by atoms with Crippen LogP contribution >= 0.6 is 0 Å². The van der Waals surface area contributed by atoms with Gasteiger partial charge in [-0.25, -0.2) is 19.2 Å². The molecule has 4 saturated heterocycles. The Bertz CT molecular complexity index is 6920. The Labute approximate surface area is 646 Å². The molecule has 0 saturated carbocycles. The zero-order valence-electron chi connectivity index (χ0n) is 58.1. The number of esters is 4. The molecule has 2 aromatic carbocycles. The molecular formula is C99H40O14. The highest BCUT2D eigenvalue weighted by molar-refractivity contribution is 6.14. The molecule has 2 aromatic rings. The van der Waals surface area contributed by atoms with Gasteiger partial charge in [0.05, 0.1) is 26.4 Å². The topological polar surface area (TPSA) is 174 Å². The first-order valence-electron chi connectivity index (χ1n) is 31.2. The highest BCUT2D eigenvalue weighted by atomic mass is 16.6. The molecule has 4 atom stereocenters. The summed E-state index contributed by atoms with van der Waals surface area (Å²) in [4.78, 5) is 50.5. The van der Waals surface area contributed by atoms with Crippen molar-refractivity contribution in [3.05, 3.63) is 451 Å².